The molecule has 1 aromatic heterocycles. The summed E-state index contributed by atoms with van der Waals surface area (Å²) in [6.07, 6.45) is 1.42. The van der Waals surface area contributed by atoms with Crippen molar-refractivity contribution in [1.29, 1.82) is 0 Å². The van der Waals surface area contributed by atoms with Gasteiger partial charge in [0.05, 0.1) is 5.56 Å². The fraction of sp³-hybridized carbons (Fsp3) is 0.688. The smallest absolute Gasteiger partial charge is 0.417 e. The van der Waals surface area contributed by atoms with Gasteiger partial charge in [-0.25, -0.2) is 4.98 Å². The molecule has 22 heavy (non-hydrogen) atoms. The zero-order valence-electron chi connectivity index (χ0n) is 12.7. The summed E-state index contributed by atoms with van der Waals surface area (Å²) in [5.74, 6) is 0.289. The van der Waals surface area contributed by atoms with Crippen molar-refractivity contribution >= 4 is 0 Å². The molecule has 2 fully saturated rings. The van der Waals surface area contributed by atoms with Gasteiger partial charge >= 0.3 is 6.18 Å². The highest BCUT2D eigenvalue weighted by Crippen LogP contribution is 2.46. The molecular formula is C16H21F3N2O. The second-order valence-corrected chi connectivity index (χ2v) is 6.63. The molecule has 1 saturated heterocycles. The summed E-state index contributed by atoms with van der Waals surface area (Å²) < 4.78 is 43.7. The molecule has 0 aromatic carbocycles. The average molecular weight is 314 g/mol. The Morgan fingerprint density at radius 2 is 1.86 bits per heavy atom. The van der Waals surface area contributed by atoms with Crippen molar-refractivity contribution in [2.45, 2.75) is 50.8 Å². The molecule has 1 aromatic rings. The Labute approximate surface area is 128 Å². The van der Waals surface area contributed by atoms with E-state index in [1.807, 2.05) is 0 Å². The first-order valence-electron chi connectivity index (χ1n) is 7.80. The van der Waals surface area contributed by atoms with Crippen LogP contribution in [0.3, 0.4) is 0 Å². The lowest BCUT2D eigenvalue weighted by atomic mass is 9.65. The normalized spacial score (nSPS) is 23.1. The van der Waals surface area contributed by atoms with Crippen molar-refractivity contribution in [3.05, 3.63) is 23.9 Å². The molecule has 0 amide bonds. The van der Waals surface area contributed by atoms with Crippen LogP contribution in [0.25, 0.3) is 0 Å². The second kappa shape index (κ2) is 5.41. The third kappa shape index (κ3) is 2.93. The van der Waals surface area contributed by atoms with E-state index in [9.17, 15) is 13.2 Å². The number of halogens is 3. The van der Waals surface area contributed by atoms with Crippen LogP contribution in [0, 0.1) is 5.41 Å². The summed E-state index contributed by atoms with van der Waals surface area (Å²) in [5, 5.41) is 3.33. The minimum Gasteiger partial charge on any atom is -0.471 e. The fourth-order valence-electron chi connectivity index (χ4n) is 3.43. The summed E-state index contributed by atoms with van der Waals surface area (Å²) in [7, 11) is 0. The number of hydrogen-bond acceptors (Lipinski definition) is 3. The molecule has 0 bridgehead atoms. The van der Waals surface area contributed by atoms with Crippen molar-refractivity contribution < 1.29 is 17.9 Å². The predicted molar refractivity (Wildman–Crippen MR) is 76.7 cm³/mol. The van der Waals surface area contributed by atoms with Crippen LogP contribution in [0.5, 0.6) is 5.88 Å². The molecule has 1 aliphatic carbocycles. The highest BCUT2D eigenvalue weighted by atomic mass is 19.4. The van der Waals surface area contributed by atoms with Crippen LogP contribution in [-0.4, -0.2) is 23.7 Å². The number of pyridine rings is 1. The average Bonchev–Trinajstić information content (AvgIpc) is 2.46. The molecular weight excluding hydrogens is 293 g/mol. The van der Waals surface area contributed by atoms with Crippen molar-refractivity contribution in [1.82, 2.24) is 10.3 Å². The van der Waals surface area contributed by atoms with Gasteiger partial charge in [0, 0.05) is 25.4 Å². The van der Waals surface area contributed by atoms with Gasteiger partial charge in [-0.05, 0) is 43.6 Å². The van der Waals surface area contributed by atoms with Crippen LogP contribution < -0.4 is 10.1 Å². The molecule has 3 rings (SSSR count). The molecule has 0 unspecified atom stereocenters. The first-order chi connectivity index (χ1) is 10.4. The van der Waals surface area contributed by atoms with E-state index in [0.717, 1.165) is 57.5 Å². The lowest BCUT2D eigenvalue weighted by molar-refractivity contribution is -0.137. The summed E-state index contributed by atoms with van der Waals surface area (Å²) in [6.45, 7) is 4.22. The van der Waals surface area contributed by atoms with Gasteiger partial charge in [0.1, 0.15) is 5.60 Å². The van der Waals surface area contributed by atoms with E-state index in [1.54, 1.807) is 0 Å². The Morgan fingerprint density at radius 3 is 2.27 bits per heavy atom. The van der Waals surface area contributed by atoms with Crippen LogP contribution in [-0.2, 0) is 6.18 Å². The van der Waals surface area contributed by atoms with Gasteiger partial charge in [-0.3, -0.25) is 0 Å². The summed E-state index contributed by atoms with van der Waals surface area (Å²) >= 11 is 0. The highest BCUT2D eigenvalue weighted by molar-refractivity contribution is 5.21. The Kier molecular flexibility index (Phi) is 3.83. The lowest BCUT2D eigenvalue weighted by Crippen LogP contribution is -2.57. The third-order valence-electron chi connectivity index (χ3n) is 5.25. The van der Waals surface area contributed by atoms with Crippen molar-refractivity contribution in [2.24, 2.45) is 5.41 Å². The van der Waals surface area contributed by atoms with Crippen molar-refractivity contribution in [3.8, 4) is 5.88 Å². The van der Waals surface area contributed by atoms with E-state index in [4.69, 9.17) is 4.74 Å². The second-order valence-electron chi connectivity index (χ2n) is 6.63. The maximum Gasteiger partial charge on any atom is 0.417 e. The predicted octanol–water partition coefficient (Wildman–Crippen LogP) is 3.79. The van der Waals surface area contributed by atoms with Crippen molar-refractivity contribution in [3.63, 3.8) is 0 Å². The number of nitrogens with zero attached hydrogens (tertiary/aromatic N) is 1. The number of alkyl halides is 3. The Bertz CT molecular complexity index is 513. The number of ether oxygens (including phenoxy) is 1. The molecule has 3 nitrogen and oxygen atoms in total. The third-order valence-corrected chi connectivity index (χ3v) is 5.25. The number of nitrogens with one attached hydrogen (secondary N) is 1. The largest absolute Gasteiger partial charge is 0.471 e. The topological polar surface area (TPSA) is 34.1 Å². The first-order valence-corrected chi connectivity index (χ1v) is 7.80. The molecule has 1 N–H and O–H groups in total. The van der Waals surface area contributed by atoms with Gasteiger partial charge in [-0.15, -0.1) is 0 Å². The van der Waals surface area contributed by atoms with Gasteiger partial charge in [-0.1, -0.05) is 6.92 Å². The van der Waals surface area contributed by atoms with Crippen LogP contribution in [0.2, 0.25) is 0 Å². The minimum atomic E-state index is -4.36. The zero-order chi connectivity index (χ0) is 15.8. The highest BCUT2D eigenvalue weighted by Gasteiger charge is 2.46. The van der Waals surface area contributed by atoms with Crippen molar-refractivity contribution in [2.75, 3.05) is 13.1 Å². The van der Waals surface area contributed by atoms with E-state index < -0.39 is 11.7 Å². The Balaban J connectivity index is 1.68. The van der Waals surface area contributed by atoms with Gasteiger partial charge in [-0.2, -0.15) is 13.2 Å². The van der Waals surface area contributed by atoms with Crippen LogP contribution in [0.4, 0.5) is 13.2 Å². The first kappa shape index (κ1) is 15.6. The Hall–Kier alpha value is -1.30. The van der Waals surface area contributed by atoms with Gasteiger partial charge < -0.3 is 10.1 Å². The molecule has 2 heterocycles. The summed E-state index contributed by atoms with van der Waals surface area (Å²) in [5.41, 5.74) is -0.600. The van der Waals surface area contributed by atoms with E-state index in [2.05, 4.69) is 17.2 Å². The number of hydrogen-bond donors (Lipinski definition) is 1. The van der Waals surface area contributed by atoms with Crippen LogP contribution in [0.1, 0.15) is 44.6 Å². The Morgan fingerprint density at radius 1 is 1.18 bits per heavy atom. The van der Waals surface area contributed by atoms with E-state index in [-0.39, 0.29) is 11.5 Å². The standard InChI is InChI=1S/C16H21F3N2O/c1-2-15(7-5-14(6-8-15)10-20-11-14)22-13-4-3-12(9-21-13)16(17,18)19/h3-4,9,20H,2,5-8,10-11H2,1H3. The molecule has 0 radical (unpaired) electrons. The van der Waals surface area contributed by atoms with Crippen LogP contribution in [0.15, 0.2) is 18.3 Å². The number of aromatic nitrogens is 1. The monoisotopic (exact) mass is 314 g/mol. The van der Waals surface area contributed by atoms with E-state index in [0.29, 0.717) is 5.41 Å². The fourth-order valence-corrected chi connectivity index (χ4v) is 3.43. The molecule has 2 aliphatic rings. The maximum atomic E-state index is 12.6. The zero-order valence-corrected chi connectivity index (χ0v) is 12.7. The van der Waals surface area contributed by atoms with E-state index in [1.165, 1.54) is 6.07 Å². The van der Waals surface area contributed by atoms with Gasteiger partial charge in [0.25, 0.3) is 0 Å². The van der Waals surface area contributed by atoms with Gasteiger partial charge in [0.15, 0.2) is 0 Å². The summed E-state index contributed by atoms with van der Waals surface area (Å²) in [4.78, 5) is 3.85. The quantitative estimate of drug-likeness (QED) is 0.921. The molecule has 122 valence electrons. The van der Waals surface area contributed by atoms with Gasteiger partial charge in [0.2, 0.25) is 5.88 Å². The minimum absolute atomic E-state index is 0.284. The summed E-state index contributed by atoms with van der Waals surface area (Å²) in [6, 6.07) is 2.36. The van der Waals surface area contributed by atoms with Crippen LogP contribution >= 0.6 is 0 Å². The molecule has 1 aliphatic heterocycles. The molecule has 1 saturated carbocycles. The SMILES string of the molecule is CCC1(Oc2ccc(C(F)(F)F)cn2)CCC2(CC1)CNC2. The number of rotatable bonds is 3. The lowest BCUT2D eigenvalue weighted by Gasteiger charge is -2.51. The molecule has 6 heteroatoms. The van der Waals surface area contributed by atoms with E-state index >= 15 is 0 Å². The maximum absolute atomic E-state index is 12.6. The molecule has 0 atom stereocenters. The molecule has 1 spiro atoms.